The molecule has 0 fully saturated rings. The van der Waals surface area contributed by atoms with Gasteiger partial charge in [-0.15, -0.1) is 11.3 Å². The highest BCUT2D eigenvalue weighted by molar-refractivity contribution is 7.18. The van der Waals surface area contributed by atoms with Crippen molar-refractivity contribution in [3.8, 4) is 0 Å². The zero-order valence-electron chi connectivity index (χ0n) is 18.7. The summed E-state index contributed by atoms with van der Waals surface area (Å²) in [7, 11) is 1.45. The maximum atomic E-state index is 12.7. The van der Waals surface area contributed by atoms with E-state index in [-0.39, 0.29) is 41.1 Å². The third-order valence-corrected chi connectivity index (χ3v) is 5.56. The molecule has 2 aromatic rings. The summed E-state index contributed by atoms with van der Waals surface area (Å²) in [5.74, 6) is -1.63. The number of amides is 3. The summed E-state index contributed by atoms with van der Waals surface area (Å²) < 4.78 is 10.1. The molecule has 0 atom stereocenters. The van der Waals surface area contributed by atoms with Crippen LogP contribution in [0, 0.1) is 13.8 Å². The fourth-order valence-electron chi connectivity index (χ4n) is 2.76. The predicted octanol–water partition coefficient (Wildman–Crippen LogP) is 3.82. The van der Waals surface area contributed by atoms with E-state index in [4.69, 9.17) is 9.47 Å². The second-order valence-corrected chi connectivity index (χ2v) is 7.92. The molecule has 2 N–H and O–H groups in total. The summed E-state index contributed by atoms with van der Waals surface area (Å²) >= 11 is 0.922. The Morgan fingerprint density at radius 3 is 2.12 bits per heavy atom. The molecule has 0 aliphatic rings. The van der Waals surface area contributed by atoms with Crippen LogP contribution in [0.4, 0.5) is 15.5 Å². The van der Waals surface area contributed by atoms with Gasteiger partial charge in [0, 0.05) is 12.7 Å². The summed E-state index contributed by atoms with van der Waals surface area (Å²) in [6.07, 6.45) is 0. The molecular formula is C22H27N3O6S. The first-order chi connectivity index (χ1) is 15.2. The van der Waals surface area contributed by atoms with Crippen LogP contribution in [-0.2, 0) is 14.3 Å². The standard InChI is InChI=1S/C22H27N3O6S/c1-6-30-20(27)17-14(4)18(21(28)31-7-2)32-19(17)24-22(29)25(5)12-16(26)23-15-10-8-13(3)9-11-15/h8-11H,6-7,12H2,1-5H3,(H,23,26)(H,24,29). The minimum absolute atomic E-state index is 0.0887. The first-order valence-electron chi connectivity index (χ1n) is 10.0. The van der Waals surface area contributed by atoms with E-state index in [1.54, 1.807) is 32.9 Å². The molecule has 1 heterocycles. The Bertz CT molecular complexity index is 1000. The van der Waals surface area contributed by atoms with Crippen molar-refractivity contribution in [1.29, 1.82) is 0 Å². The first kappa shape index (κ1) is 24.9. The Labute approximate surface area is 190 Å². The second-order valence-electron chi connectivity index (χ2n) is 6.90. The Balaban J connectivity index is 2.14. The van der Waals surface area contributed by atoms with Gasteiger partial charge in [0.1, 0.15) is 16.4 Å². The molecule has 0 saturated carbocycles. The van der Waals surface area contributed by atoms with Crippen molar-refractivity contribution >= 4 is 45.9 Å². The average Bonchev–Trinajstić information content (AvgIpc) is 3.05. The molecule has 0 saturated heterocycles. The molecule has 0 aliphatic carbocycles. The summed E-state index contributed by atoms with van der Waals surface area (Å²) in [5, 5.41) is 5.47. The van der Waals surface area contributed by atoms with Crippen molar-refractivity contribution in [3.63, 3.8) is 0 Å². The lowest BCUT2D eigenvalue weighted by atomic mass is 10.1. The molecule has 10 heteroatoms. The van der Waals surface area contributed by atoms with Gasteiger partial charge in [0.05, 0.1) is 18.8 Å². The van der Waals surface area contributed by atoms with Crippen LogP contribution in [0.3, 0.4) is 0 Å². The van der Waals surface area contributed by atoms with E-state index < -0.39 is 18.0 Å². The van der Waals surface area contributed by atoms with Crippen molar-refractivity contribution in [2.45, 2.75) is 27.7 Å². The number of rotatable bonds is 8. The van der Waals surface area contributed by atoms with Crippen molar-refractivity contribution in [2.75, 3.05) is 37.4 Å². The second kappa shape index (κ2) is 11.3. The van der Waals surface area contributed by atoms with Crippen LogP contribution >= 0.6 is 11.3 Å². The monoisotopic (exact) mass is 461 g/mol. The van der Waals surface area contributed by atoms with E-state index in [9.17, 15) is 19.2 Å². The zero-order valence-corrected chi connectivity index (χ0v) is 19.6. The Morgan fingerprint density at radius 1 is 0.938 bits per heavy atom. The Hall–Kier alpha value is -3.40. The SMILES string of the molecule is CCOC(=O)c1sc(NC(=O)N(C)CC(=O)Nc2ccc(C)cc2)c(C(=O)OCC)c1C. The van der Waals surface area contributed by atoms with Crippen molar-refractivity contribution < 1.29 is 28.7 Å². The lowest BCUT2D eigenvalue weighted by Crippen LogP contribution is -2.37. The van der Waals surface area contributed by atoms with Gasteiger partial charge in [-0.2, -0.15) is 0 Å². The minimum atomic E-state index is -0.660. The van der Waals surface area contributed by atoms with E-state index in [1.807, 2.05) is 19.1 Å². The van der Waals surface area contributed by atoms with Gasteiger partial charge < -0.3 is 19.7 Å². The van der Waals surface area contributed by atoms with Crippen LogP contribution in [0.25, 0.3) is 0 Å². The van der Waals surface area contributed by atoms with Gasteiger partial charge in [0.15, 0.2) is 0 Å². The van der Waals surface area contributed by atoms with Gasteiger partial charge in [0.25, 0.3) is 0 Å². The number of benzene rings is 1. The molecule has 1 aromatic heterocycles. The fraction of sp³-hybridized carbons (Fsp3) is 0.364. The zero-order chi connectivity index (χ0) is 23.8. The average molecular weight is 462 g/mol. The maximum absolute atomic E-state index is 12.7. The number of hydrogen-bond acceptors (Lipinski definition) is 7. The van der Waals surface area contributed by atoms with Gasteiger partial charge >= 0.3 is 18.0 Å². The molecule has 0 aliphatic heterocycles. The van der Waals surface area contributed by atoms with Crippen molar-refractivity contribution in [2.24, 2.45) is 0 Å². The molecule has 172 valence electrons. The third-order valence-electron chi connectivity index (χ3n) is 4.37. The summed E-state index contributed by atoms with van der Waals surface area (Å²) in [6, 6.07) is 6.65. The number of aryl methyl sites for hydroxylation is 1. The molecule has 0 spiro atoms. The van der Waals surface area contributed by atoms with Crippen LogP contribution < -0.4 is 10.6 Å². The van der Waals surface area contributed by atoms with E-state index in [0.717, 1.165) is 21.8 Å². The molecular weight excluding hydrogens is 434 g/mol. The number of carbonyl (C=O) groups excluding carboxylic acids is 4. The van der Waals surface area contributed by atoms with Crippen LogP contribution in [0.15, 0.2) is 24.3 Å². The van der Waals surface area contributed by atoms with Gasteiger partial charge in [-0.3, -0.25) is 10.1 Å². The van der Waals surface area contributed by atoms with Crippen LogP contribution in [0.1, 0.15) is 45.0 Å². The number of esters is 2. The molecule has 9 nitrogen and oxygen atoms in total. The van der Waals surface area contributed by atoms with E-state index in [2.05, 4.69) is 10.6 Å². The van der Waals surface area contributed by atoms with Gasteiger partial charge in [-0.05, 0) is 45.4 Å². The van der Waals surface area contributed by atoms with Crippen LogP contribution in [0.2, 0.25) is 0 Å². The number of nitrogens with zero attached hydrogens (tertiary/aromatic N) is 1. The van der Waals surface area contributed by atoms with E-state index >= 15 is 0 Å². The number of hydrogen-bond donors (Lipinski definition) is 2. The van der Waals surface area contributed by atoms with Gasteiger partial charge in [0.2, 0.25) is 5.91 Å². The normalized spacial score (nSPS) is 10.3. The first-order valence-corrected chi connectivity index (χ1v) is 10.9. The number of ether oxygens (including phenoxy) is 2. The Morgan fingerprint density at radius 2 is 1.53 bits per heavy atom. The molecule has 0 unspecified atom stereocenters. The number of anilines is 2. The number of urea groups is 1. The number of nitrogens with one attached hydrogen (secondary N) is 2. The van der Waals surface area contributed by atoms with Crippen molar-refractivity contribution in [1.82, 2.24) is 4.90 Å². The summed E-state index contributed by atoms with van der Waals surface area (Å²) in [6.45, 7) is 6.94. The fourth-order valence-corrected chi connectivity index (χ4v) is 3.84. The molecule has 1 aromatic carbocycles. The van der Waals surface area contributed by atoms with Crippen LogP contribution in [0.5, 0.6) is 0 Å². The van der Waals surface area contributed by atoms with E-state index in [0.29, 0.717) is 11.3 Å². The highest BCUT2D eigenvalue weighted by Gasteiger charge is 2.28. The minimum Gasteiger partial charge on any atom is -0.462 e. The van der Waals surface area contributed by atoms with Gasteiger partial charge in [-0.1, -0.05) is 17.7 Å². The molecule has 32 heavy (non-hydrogen) atoms. The Kier molecular flexibility index (Phi) is 8.77. The highest BCUT2D eigenvalue weighted by atomic mass is 32.1. The van der Waals surface area contributed by atoms with Crippen molar-refractivity contribution in [3.05, 3.63) is 45.8 Å². The number of thiophene rings is 1. The highest BCUT2D eigenvalue weighted by Crippen LogP contribution is 2.34. The van der Waals surface area contributed by atoms with Gasteiger partial charge in [-0.25, -0.2) is 14.4 Å². The topological polar surface area (TPSA) is 114 Å². The lowest BCUT2D eigenvalue weighted by Gasteiger charge is -2.17. The smallest absolute Gasteiger partial charge is 0.348 e. The molecule has 3 amide bonds. The lowest BCUT2D eigenvalue weighted by molar-refractivity contribution is -0.116. The maximum Gasteiger partial charge on any atom is 0.348 e. The van der Waals surface area contributed by atoms with E-state index in [1.165, 1.54) is 7.05 Å². The van der Waals surface area contributed by atoms with Crippen LogP contribution in [-0.4, -0.2) is 55.6 Å². The number of carbonyl (C=O) groups is 4. The number of likely N-dealkylation sites (N-methyl/N-ethyl adjacent to an activating group) is 1. The molecule has 0 bridgehead atoms. The third kappa shape index (κ3) is 6.30. The summed E-state index contributed by atoms with van der Waals surface area (Å²) in [4.78, 5) is 51.0. The summed E-state index contributed by atoms with van der Waals surface area (Å²) in [5.41, 5.74) is 2.13. The molecule has 2 rings (SSSR count). The quantitative estimate of drug-likeness (QED) is 0.578. The predicted molar refractivity (Wildman–Crippen MR) is 122 cm³/mol. The molecule has 0 radical (unpaired) electrons. The largest absolute Gasteiger partial charge is 0.462 e.